The van der Waals surface area contributed by atoms with E-state index in [0.717, 1.165) is 5.56 Å². The molecule has 0 aliphatic heterocycles. The van der Waals surface area contributed by atoms with Gasteiger partial charge in [-0.25, -0.2) is 4.79 Å². The largest absolute Gasteiger partial charge is 0.493 e. The number of rotatable bonds is 5. The Bertz CT molecular complexity index is 977. The molecule has 25 heavy (non-hydrogen) atoms. The molecule has 3 aromatic rings. The predicted octanol–water partition coefficient (Wildman–Crippen LogP) is 2.74. The first kappa shape index (κ1) is 16.6. The number of hydrogen-bond donors (Lipinski definition) is 1. The third-order valence-electron chi connectivity index (χ3n) is 3.79. The van der Waals surface area contributed by atoms with E-state index in [4.69, 9.17) is 13.9 Å². The standard InChI is InChI=1S/C19H17NO5/c1-23-16-8-7-12(9-17(16)24-2)11-20-18(21)14-10-13-5-3-4-6-15(13)25-19(14)22/h3-10H,11H2,1-2H3,(H,20,21). The minimum absolute atomic E-state index is 0.0285. The van der Waals surface area contributed by atoms with Crippen molar-refractivity contribution in [1.82, 2.24) is 5.32 Å². The summed E-state index contributed by atoms with van der Waals surface area (Å²) in [6.45, 7) is 0.242. The quantitative estimate of drug-likeness (QED) is 0.723. The van der Waals surface area contributed by atoms with Crippen molar-refractivity contribution in [1.29, 1.82) is 0 Å². The summed E-state index contributed by atoms with van der Waals surface area (Å²) in [5.74, 6) is 0.682. The Morgan fingerprint density at radius 1 is 1.04 bits per heavy atom. The SMILES string of the molecule is COc1ccc(CNC(=O)c2cc3ccccc3oc2=O)cc1OC. The molecule has 0 fully saturated rings. The van der Waals surface area contributed by atoms with Gasteiger partial charge in [0, 0.05) is 11.9 Å². The van der Waals surface area contributed by atoms with Crippen molar-refractivity contribution in [3.05, 3.63) is 70.1 Å². The normalized spacial score (nSPS) is 10.5. The third kappa shape index (κ3) is 3.47. The maximum absolute atomic E-state index is 12.3. The lowest BCUT2D eigenvalue weighted by molar-refractivity contribution is 0.0947. The third-order valence-corrected chi connectivity index (χ3v) is 3.79. The van der Waals surface area contributed by atoms with Crippen LogP contribution in [0.1, 0.15) is 15.9 Å². The second-order valence-corrected chi connectivity index (χ2v) is 5.36. The van der Waals surface area contributed by atoms with Crippen molar-refractivity contribution in [2.75, 3.05) is 14.2 Å². The molecule has 0 spiro atoms. The smallest absolute Gasteiger partial charge is 0.349 e. The maximum atomic E-state index is 12.3. The number of carbonyl (C=O) groups is 1. The molecule has 0 bridgehead atoms. The zero-order valence-electron chi connectivity index (χ0n) is 13.9. The molecule has 1 amide bonds. The molecule has 0 unspecified atom stereocenters. The number of amides is 1. The molecular weight excluding hydrogens is 322 g/mol. The number of para-hydroxylation sites is 1. The highest BCUT2D eigenvalue weighted by Gasteiger charge is 2.14. The number of nitrogens with one attached hydrogen (secondary N) is 1. The van der Waals surface area contributed by atoms with Gasteiger partial charge in [0.2, 0.25) is 0 Å². The first-order chi connectivity index (χ1) is 12.1. The van der Waals surface area contributed by atoms with Gasteiger partial charge in [0.05, 0.1) is 14.2 Å². The fourth-order valence-corrected chi connectivity index (χ4v) is 2.49. The Kier molecular flexibility index (Phi) is 4.70. The van der Waals surface area contributed by atoms with Crippen LogP contribution in [0, 0.1) is 0 Å². The molecule has 0 atom stereocenters. The summed E-state index contributed by atoms with van der Waals surface area (Å²) in [4.78, 5) is 24.3. The molecule has 1 aromatic heterocycles. The van der Waals surface area contributed by atoms with Crippen LogP contribution < -0.4 is 20.4 Å². The fraction of sp³-hybridized carbons (Fsp3) is 0.158. The number of fused-ring (bicyclic) bond motifs is 1. The Hall–Kier alpha value is -3.28. The Balaban J connectivity index is 1.79. The van der Waals surface area contributed by atoms with Crippen molar-refractivity contribution >= 4 is 16.9 Å². The van der Waals surface area contributed by atoms with E-state index in [1.54, 1.807) is 44.6 Å². The summed E-state index contributed by atoms with van der Waals surface area (Å²) in [6, 6.07) is 13.9. The summed E-state index contributed by atoms with van der Waals surface area (Å²) in [5, 5.41) is 3.41. The van der Waals surface area contributed by atoms with Crippen LogP contribution in [0.3, 0.4) is 0 Å². The van der Waals surface area contributed by atoms with Gasteiger partial charge in [-0.15, -0.1) is 0 Å². The predicted molar refractivity (Wildman–Crippen MR) is 93.2 cm³/mol. The molecule has 6 heteroatoms. The van der Waals surface area contributed by atoms with Crippen LogP contribution in [0.4, 0.5) is 0 Å². The molecule has 1 heterocycles. The molecular formula is C19H17NO5. The van der Waals surface area contributed by atoms with Crippen molar-refractivity contribution in [2.45, 2.75) is 6.54 Å². The van der Waals surface area contributed by atoms with Crippen molar-refractivity contribution < 1.29 is 18.7 Å². The second-order valence-electron chi connectivity index (χ2n) is 5.36. The Morgan fingerprint density at radius 3 is 2.56 bits per heavy atom. The molecule has 0 saturated carbocycles. The first-order valence-electron chi connectivity index (χ1n) is 7.64. The minimum Gasteiger partial charge on any atom is -0.493 e. The molecule has 2 aromatic carbocycles. The van der Waals surface area contributed by atoms with Crippen LogP contribution in [0.15, 0.2) is 57.7 Å². The highest BCUT2D eigenvalue weighted by Crippen LogP contribution is 2.27. The lowest BCUT2D eigenvalue weighted by Gasteiger charge is -2.10. The van der Waals surface area contributed by atoms with Gasteiger partial charge >= 0.3 is 5.63 Å². The van der Waals surface area contributed by atoms with Gasteiger partial charge in [0.25, 0.3) is 5.91 Å². The van der Waals surface area contributed by atoms with Crippen LogP contribution in [0.5, 0.6) is 11.5 Å². The number of ether oxygens (including phenoxy) is 2. The van der Waals surface area contributed by atoms with E-state index in [1.165, 1.54) is 6.07 Å². The highest BCUT2D eigenvalue weighted by molar-refractivity contribution is 5.96. The average Bonchev–Trinajstić information content (AvgIpc) is 2.65. The fourth-order valence-electron chi connectivity index (χ4n) is 2.49. The summed E-state index contributed by atoms with van der Waals surface area (Å²) < 4.78 is 15.6. The van der Waals surface area contributed by atoms with E-state index in [0.29, 0.717) is 22.5 Å². The molecule has 0 aliphatic rings. The molecule has 1 N–H and O–H groups in total. The van der Waals surface area contributed by atoms with Gasteiger partial charge in [-0.3, -0.25) is 4.79 Å². The van der Waals surface area contributed by atoms with Gasteiger partial charge in [0.1, 0.15) is 11.1 Å². The van der Waals surface area contributed by atoms with Crippen LogP contribution >= 0.6 is 0 Å². The van der Waals surface area contributed by atoms with Crippen molar-refractivity contribution in [3.8, 4) is 11.5 Å². The van der Waals surface area contributed by atoms with E-state index < -0.39 is 11.5 Å². The zero-order chi connectivity index (χ0) is 17.8. The van der Waals surface area contributed by atoms with Gasteiger partial charge in [-0.1, -0.05) is 24.3 Å². The number of carbonyl (C=O) groups excluding carboxylic acids is 1. The zero-order valence-corrected chi connectivity index (χ0v) is 13.9. The minimum atomic E-state index is -0.663. The van der Waals surface area contributed by atoms with Crippen molar-refractivity contribution in [3.63, 3.8) is 0 Å². The first-order valence-corrected chi connectivity index (χ1v) is 7.64. The summed E-state index contributed by atoms with van der Waals surface area (Å²) in [6.07, 6.45) is 0. The second kappa shape index (κ2) is 7.09. The molecule has 0 aliphatic carbocycles. The molecule has 0 radical (unpaired) electrons. The molecule has 128 valence electrons. The van der Waals surface area contributed by atoms with E-state index in [2.05, 4.69) is 5.32 Å². The van der Waals surface area contributed by atoms with Crippen LogP contribution in [-0.2, 0) is 6.54 Å². The summed E-state index contributed by atoms with van der Waals surface area (Å²) in [7, 11) is 3.10. The summed E-state index contributed by atoms with van der Waals surface area (Å²) in [5.41, 5.74) is 0.572. The molecule has 0 saturated heterocycles. The maximum Gasteiger partial charge on any atom is 0.349 e. The van der Waals surface area contributed by atoms with Crippen LogP contribution in [-0.4, -0.2) is 20.1 Å². The number of methoxy groups -OCH3 is 2. The topological polar surface area (TPSA) is 77.8 Å². The van der Waals surface area contributed by atoms with E-state index >= 15 is 0 Å². The van der Waals surface area contributed by atoms with Gasteiger partial charge in [0.15, 0.2) is 11.5 Å². The van der Waals surface area contributed by atoms with Gasteiger partial charge in [-0.2, -0.15) is 0 Å². The summed E-state index contributed by atoms with van der Waals surface area (Å²) >= 11 is 0. The lowest BCUT2D eigenvalue weighted by atomic mass is 10.1. The van der Waals surface area contributed by atoms with Gasteiger partial charge in [-0.05, 0) is 29.8 Å². The van der Waals surface area contributed by atoms with Gasteiger partial charge < -0.3 is 19.2 Å². The molecule has 3 rings (SSSR count). The van der Waals surface area contributed by atoms with Crippen molar-refractivity contribution in [2.24, 2.45) is 0 Å². The number of benzene rings is 2. The lowest BCUT2D eigenvalue weighted by Crippen LogP contribution is -2.27. The van der Waals surface area contributed by atoms with E-state index in [9.17, 15) is 9.59 Å². The van der Waals surface area contributed by atoms with Crippen LogP contribution in [0.25, 0.3) is 11.0 Å². The highest BCUT2D eigenvalue weighted by atomic mass is 16.5. The Morgan fingerprint density at radius 2 is 1.80 bits per heavy atom. The monoisotopic (exact) mass is 339 g/mol. The van der Waals surface area contributed by atoms with E-state index in [1.807, 2.05) is 12.1 Å². The Labute approximate surface area is 144 Å². The van der Waals surface area contributed by atoms with Crippen LogP contribution in [0.2, 0.25) is 0 Å². The van der Waals surface area contributed by atoms with E-state index in [-0.39, 0.29) is 12.1 Å². The molecule has 6 nitrogen and oxygen atoms in total. The average molecular weight is 339 g/mol. The number of hydrogen-bond acceptors (Lipinski definition) is 5.